The number of hydrogen-bond donors (Lipinski definition) is 3. The van der Waals surface area contributed by atoms with Gasteiger partial charge in [0.25, 0.3) is 0 Å². The van der Waals surface area contributed by atoms with Gasteiger partial charge in [0.15, 0.2) is 5.75 Å². The fraction of sp³-hybridized carbons (Fsp3) is 0.0833. The third kappa shape index (κ3) is 3.90. The molecule has 1 heterocycles. The normalized spacial score (nSPS) is 11.7. The van der Waals surface area contributed by atoms with Crippen molar-refractivity contribution < 1.29 is 22.5 Å². The maximum atomic E-state index is 12.0. The number of rotatable bonds is 5. The zero-order valence-corrected chi connectivity index (χ0v) is 11.9. The first-order chi connectivity index (χ1) is 10.5. The number of nitrogens with two attached hydrogens (primary N) is 2. The Labute approximate surface area is 127 Å². The van der Waals surface area contributed by atoms with Gasteiger partial charge in [-0.15, -0.1) is 0 Å². The first-order valence-electron chi connectivity index (χ1n) is 5.89. The zero-order valence-electron chi connectivity index (χ0n) is 11.1. The summed E-state index contributed by atoms with van der Waals surface area (Å²) in [6, 6.07) is 5.87. The summed E-state index contributed by atoms with van der Waals surface area (Å²) < 4.78 is 29.1. The van der Waals surface area contributed by atoms with Crippen LogP contribution in [0.3, 0.4) is 0 Å². The van der Waals surface area contributed by atoms with Gasteiger partial charge < -0.3 is 20.4 Å². The summed E-state index contributed by atoms with van der Waals surface area (Å²) in [4.78, 5) is 19.5. The van der Waals surface area contributed by atoms with Gasteiger partial charge in [0.05, 0.1) is 5.56 Å². The molecule has 1 atom stereocenters. The van der Waals surface area contributed by atoms with Gasteiger partial charge in [-0.05, 0) is 12.1 Å². The molecule has 0 aliphatic rings. The van der Waals surface area contributed by atoms with Crippen molar-refractivity contribution in [3.8, 4) is 5.75 Å². The minimum Gasteiger partial charge on any atom is -0.457 e. The van der Waals surface area contributed by atoms with E-state index in [1.807, 2.05) is 0 Å². The van der Waals surface area contributed by atoms with E-state index in [0.29, 0.717) is 5.56 Å². The molecule has 2 rings (SSSR count). The van der Waals surface area contributed by atoms with Crippen molar-refractivity contribution >= 4 is 29.1 Å². The van der Waals surface area contributed by atoms with E-state index < -0.39 is 17.3 Å². The van der Waals surface area contributed by atoms with Gasteiger partial charge in [0, 0.05) is 6.20 Å². The molecule has 0 fully saturated rings. The van der Waals surface area contributed by atoms with Crippen LogP contribution in [-0.4, -0.2) is 24.7 Å². The Morgan fingerprint density at radius 2 is 2.05 bits per heavy atom. The van der Waals surface area contributed by atoms with Gasteiger partial charge >= 0.3 is 17.3 Å². The molecule has 1 aromatic carbocycles. The molecule has 116 valence electrons. The standard InChI is InChI=1S/C12H12N4O5S/c13-10-7(5-15-12(14)16-10)6-20-11(17)8-3-1-2-4-9(8)21-22(18)19/h1-5H,6H2,(H,18,19)(H4,13,14,15,16). The third-order valence-corrected chi connectivity index (χ3v) is 2.87. The van der Waals surface area contributed by atoms with Gasteiger partial charge in [-0.25, -0.2) is 9.78 Å². The number of nitrogen functional groups attached to an aromatic ring is 2. The van der Waals surface area contributed by atoms with Crippen LogP contribution in [0.1, 0.15) is 15.9 Å². The predicted molar refractivity (Wildman–Crippen MR) is 77.8 cm³/mol. The first kappa shape index (κ1) is 15.7. The molecule has 1 aromatic heterocycles. The van der Waals surface area contributed by atoms with E-state index in [-0.39, 0.29) is 29.7 Å². The molecule has 0 aliphatic heterocycles. The number of esters is 1. The number of ether oxygens (including phenoxy) is 1. The van der Waals surface area contributed by atoms with Crippen LogP contribution in [0.5, 0.6) is 5.75 Å². The summed E-state index contributed by atoms with van der Waals surface area (Å²) >= 11 is -2.55. The van der Waals surface area contributed by atoms with Crippen LogP contribution in [0, 0.1) is 0 Å². The molecular weight excluding hydrogens is 312 g/mol. The van der Waals surface area contributed by atoms with Gasteiger partial charge in [-0.1, -0.05) is 12.1 Å². The predicted octanol–water partition coefficient (Wildman–Crippen LogP) is 0.513. The third-order valence-electron chi connectivity index (χ3n) is 2.54. The second-order valence-corrected chi connectivity index (χ2v) is 4.61. The smallest absolute Gasteiger partial charge is 0.357 e. The number of benzene rings is 1. The van der Waals surface area contributed by atoms with Gasteiger partial charge in [-0.2, -0.15) is 9.19 Å². The van der Waals surface area contributed by atoms with E-state index in [2.05, 4.69) is 14.2 Å². The maximum absolute atomic E-state index is 12.0. The minimum absolute atomic E-state index is 0.000153. The van der Waals surface area contributed by atoms with E-state index in [0.717, 1.165) is 0 Å². The minimum atomic E-state index is -2.55. The summed E-state index contributed by atoms with van der Waals surface area (Å²) in [5, 5.41) is 0. The molecule has 0 bridgehead atoms. The van der Waals surface area contributed by atoms with Crippen LogP contribution < -0.4 is 15.7 Å². The molecule has 1 unspecified atom stereocenters. The van der Waals surface area contributed by atoms with E-state index in [1.54, 1.807) is 12.1 Å². The van der Waals surface area contributed by atoms with Crippen molar-refractivity contribution in [2.45, 2.75) is 6.61 Å². The Hall–Kier alpha value is -2.72. The topological polar surface area (TPSA) is 151 Å². The van der Waals surface area contributed by atoms with E-state index in [4.69, 9.17) is 20.8 Å². The van der Waals surface area contributed by atoms with Crippen LogP contribution in [0.15, 0.2) is 30.5 Å². The molecule has 0 aliphatic carbocycles. The van der Waals surface area contributed by atoms with Crippen molar-refractivity contribution in [2.24, 2.45) is 0 Å². The zero-order chi connectivity index (χ0) is 16.1. The second-order valence-electron chi connectivity index (χ2n) is 4.01. The van der Waals surface area contributed by atoms with Crippen molar-refractivity contribution in [3.05, 3.63) is 41.6 Å². The Morgan fingerprint density at radius 1 is 1.32 bits per heavy atom. The number of nitrogens with zero attached hydrogens (tertiary/aromatic N) is 2. The molecule has 22 heavy (non-hydrogen) atoms. The van der Waals surface area contributed by atoms with Gasteiger partial charge in [0.1, 0.15) is 18.0 Å². The van der Waals surface area contributed by atoms with Crippen molar-refractivity contribution in [1.82, 2.24) is 9.97 Å². The molecule has 0 amide bonds. The Morgan fingerprint density at radius 3 is 2.73 bits per heavy atom. The number of anilines is 2. The SMILES string of the molecule is Nc1ncc(COC(=O)c2ccccc2OS(=O)O)c(N)n1. The molecule has 10 heteroatoms. The Kier molecular flexibility index (Phi) is 4.86. The van der Waals surface area contributed by atoms with Crippen molar-refractivity contribution in [2.75, 3.05) is 11.5 Å². The van der Waals surface area contributed by atoms with E-state index >= 15 is 0 Å². The molecule has 5 N–H and O–H groups in total. The number of carbonyl (C=O) groups excluding carboxylic acids is 1. The fourth-order valence-corrected chi connectivity index (χ4v) is 1.85. The lowest BCUT2D eigenvalue weighted by molar-refractivity contribution is 0.0471. The van der Waals surface area contributed by atoms with Crippen molar-refractivity contribution in [1.29, 1.82) is 0 Å². The molecule has 0 saturated carbocycles. The van der Waals surface area contributed by atoms with Crippen LogP contribution in [-0.2, 0) is 22.7 Å². The Balaban J connectivity index is 2.11. The van der Waals surface area contributed by atoms with Gasteiger partial charge in [0.2, 0.25) is 5.95 Å². The number of aromatic nitrogens is 2. The highest BCUT2D eigenvalue weighted by Gasteiger charge is 2.16. The summed E-state index contributed by atoms with van der Waals surface area (Å²) in [6.07, 6.45) is 1.34. The van der Waals surface area contributed by atoms with E-state index in [9.17, 15) is 9.00 Å². The lowest BCUT2D eigenvalue weighted by Gasteiger charge is -2.09. The lowest BCUT2D eigenvalue weighted by Crippen LogP contribution is -2.11. The number of carbonyl (C=O) groups is 1. The summed E-state index contributed by atoms with van der Waals surface area (Å²) in [5.74, 6) is -0.717. The van der Waals surface area contributed by atoms with Crippen LogP contribution in [0.4, 0.5) is 11.8 Å². The molecule has 2 aromatic rings. The van der Waals surface area contributed by atoms with Crippen LogP contribution >= 0.6 is 0 Å². The highest BCUT2D eigenvalue weighted by atomic mass is 32.2. The second kappa shape index (κ2) is 6.83. The molecular formula is C12H12N4O5S. The van der Waals surface area contributed by atoms with E-state index in [1.165, 1.54) is 18.3 Å². The van der Waals surface area contributed by atoms with Gasteiger partial charge in [-0.3, -0.25) is 4.55 Å². The highest BCUT2D eigenvalue weighted by molar-refractivity contribution is 7.74. The average molecular weight is 324 g/mol. The van der Waals surface area contributed by atoms with Crippen LogP contribution in [0.25, 0.3) is 0 Å². The number of para-hydroxylation sites is 1. The molecule has 0 radical (unpaired) electrons. The largest absolute Gasteiger partial charge is 0.457 e. The Bertz CT molecular complexity index is 724. The first-order valence-corrected chi connectivity index (χ1v) is 6.92. The molecule has 0 saturated heterocycles. The maximum Gasteiger partial charge on any atom is 0.357 e. The monoisotopic (exact) mass is 324 g/mol. The summed E-state index contributed by atoms with van der Waals surface area (Å²) in [6.45, 7) is -0.179. The van der Waals surface area contributed by atoms with Crippen LogP contribution in [0.2, 0.25) is 0 Å². The lowest BCUT2D eigenvalue weighted by atomic mass is 10.2. The average Bonchev–Trinajstić information content (AvgIpc) is 2.46. The molecule has 9 nitrogen and oxygen atoms in total. The number of hydrogen-bond acceptors (Lipinski definition) is 8. The quantitative estimate of drug-likeness (QED) is 0.527. The highest BCUT2D eigenvalue weighted by Crippen LogP contribution is 2.20. The molecule has 0 spiro atoms. The van der Waals surface area contributed by atoms with Crippen molar-refractivity contribution in [3.63, 3.8) is 0 Å². The summed E-state index contributed by atoms with van der Waals surface area (Å²) in [7, 11) is 0. The summed E-state index contributed by atoms with van der Waals surface area (Å²) in [5.41, 5.74) is 11.4. The fourth-order valence-electron chi connectivity index (χ4n) is 1.55.